The molecule has 0 spiro atoms. The second-order valence-corrected chi connectivity index (χ2v) is 4.28. The lowest BCUT2D eigenvalue weighted by atomic mass is 10.2. The molecule has 104 valence electrons. The lowest BCUT2D eigenvalue weighted by Gasteiger charge is -2.13. The number of amides is 2. The predicted octanol–water partition coefficient (Wildman–Crippen LogP) is 1.30. The average Bonchev–Trinajstić information content (AvgIpc) is 2.38. The first-order valence-electron chi connectivity index (χ1n) is 5.65. The van der Waals surface area contributed by atoms with Gasteiger partial charge in [-0.1, -0.05) is 18.5 Å². The lowest BCUT2D eigenvalue weighted by Crippen LogP contribution is -2.43. The Hall–Kier alpha value is -1.66. The first kappa shape index (κ1) is 15.4. The van der Waals surface area contributed by atoms with Gasteiger partial charge in [-0.25, -0.2) is 4.39 Å². The molecule has 0 heterocycles. The molecule has 2 amide bonds. The number of carbonyl (C=O) groups excluding carboxylic acids is 2. The molecular weight excluding hydrogens is 275 g/mol. The normalized spacial score (nSPS) is 11.8. The van der Waals surface area contributed by atoms with E-state index in [1.165, 1.54) is 12.1 Å². The Balaban J connectivity index is 2.66. The van der Waals surface area contributed by atoms with Gasteiger partial charge in [0.15, 0.2) is 0 Å². The zero-order valence-corrected chi connectivity index (χ0v) is 11.0. The minimum atomic E-state index is -1.01. The zero-order valence-electron chi connectivity index (χ0n) is 10.2. The molecular formula is C12H14ClFN2O3. The van der Waals surface area contributed by atoms with Gasteiger partial charge in [-0.3, -0.25) is 9.59 Å². The molecule has 0 fully saturated rings. The van der Waals surface area contributed by atoms with E-state index in [0.29, 0.717) is 6.42 Å². The van der Waals surface area contributed by atoms with Crippen LogP contribution in [0.15, 0.2) is 18.2 Å². The number of nitrogens with one attached hydrogen (secondary N) is 2. The molecule has 1 aromatic carbocycles. The van der Waals surface area contributed by atoms with Gasteiger partial charge in [-0.2, -0.15) is 0 Å². The number of rotatable bonds is 4. The van der Waals surface area contributed by atoms with Crippen LogP contribution in [0.5, 0.6) is 0 Å². The summed E-state index contributed by atoms with van der Waals surface area (Å²) in [5.74, 6) is -2.67. The van der Waals surface area contributed by atoms with Crippen LogP contribution in [0.2, 0.25) is 5.02 Å². The van der Waals surface area contributed by atoms with Crippen molar-refractivity contribution in [2.75, 3.05) is 11.9 Å². The van der Waals surface area contributed by atoms with Gasteiger partial charge in [0.2, 0.25) is 0 Å². The number of halogens is 2. The fraction of sp³-hybridized carbons (Fsp3) is 0.333. The maximum absolute atomic E-state index is 13.4. The molecule has 0 saturated heterocycles. The summed E-state index contributed by atoms with van der Waals surface area (Å²) < 4.78 is 13.4. The highest BCUT2D eigenvalue weighted by atomic mass is 35.5. The van der Waals surface area contributed by atoms with E-state index in [2.05, 4.69) is 10.6 Å². The molecule has 0 bridgehead atoms. The molecule has 0 aliphatic rings. The second kappa shape index (κ2) is 7.06. The van der Waals surface area contributed by atoms with Crippen LogP contribution in [0.25, 0.3) is 0 Å². The van der Waals surface area contributed by atoms with Gasteiger partial charge >= 0.3 is 11.8 Å². The SMILES string of the molecule is CCC(CO)NC(=O)C(=O)Nc1ccc(Cl)cc1F. The minimum absolute atomic E-state index is 0.137. The maximum atomic E-state index is 13.4. The first-order valence-corrected chi connectivity index (χ1v) is 6.03. The summed E-state index contributed by atoms with van der Waals surface area (Å²) in [6.07, 6.45) is 0.477. The molecule has 0 aliphatic carbocycles. The molecule has 0 saturated carbocycles. The molecule has 1 unspecified atom stereocenters. The Kier molecular flexibility index (Phi) is 5.72. The third-order valence-electron chi connectivity index (χ3n) is 2.43. The topological polar surface area (TPSA) is 78.4 Å². The summed E-state index contributed by atoms with van der Waals surface area (Å²) in [7, 11) is 0. The summed E-state index contributed by atoms with van der Waals surface area (Å²) in [5, 5.41) is 13.5. The summed E-state index contributed by atoms with van der Waals surface area (Å²) >= 11 is 5.56. The minimum Gasteiger partial charge on any atom is -0.394 e. The van der Waals surface area contributed by atoms with Crippen molar-refractivity contribution in [3.05, 3.63) is 29.0 Å². The Morgan fingerprint density at radius 1 is 1.42 bits per heavy atom. The van der Waals surface area contributed by atoms with E-state index in [-0.39, 0.29) is 17.3 Å². The number of hydrogen-bond donors (Lipinski definition) is 3. The Morgan fingerprint density at radius 3 is 2.63 bits per heavy atom. The fourth-order valence-electron chi connectivity index (χ4n) is 1.30. The summed E-state index contributed by atoms with van der Waals surface area (Å²) in [6.45, 7) is 1.47. The highest BCUT2D eigenvalue weighted by molar-refractivity contribution is 6.39. The van der Waals surface area contributed by atoms with Crippen molar-refractivity contribution in [1.82, 2.24) is 5.32 Å². The Labute approximate surface area is 114 Å². The summed E-state index contributed by atoms with van der Waals surface area (Å²) in [4.78, 5) is 23.0. The van der Waals surface area contributed by atoms with Crippen molar-refractivity contribution < 1.29 is 19.1 Å². The summed E-state index contributed by atoms with van der Waals surface area (Å²) in [6, 6.07) is 3.17. The molecule has 1 aromatic rings. The highest BCUT2D eigenvalue weighted by Crippen LogP contribution is 2.18. The van der Waals surface area contributed by atoms with Crippen LogP contribution < -0.4 is 10.6 Å². The molecule has 19 heavy (non-hydrogen) atoms. The van der Waals surface area contributed by atoms with Crippen molar-refractivity contribution in [2.24, 2.45) is 0 Å². The average molecular weight is 289 g/mol. The van der Waals surface area contributed by atoms with Crippen LogP contribution in [-0.2, 0) is 9.59 Å². The van der Waals surface area contributed by atoms with Crippen LogP contribution >= 0.6 is 11.6 Å². The lowest BCUT2D eigenvalue weighted by molar-refractivity contribution is -0.136. The van der Waals surface area contributed by atoms with Gasteiger partial charge in [0, 0.05) is 5.02 Å². The van der Waals surface area contributed by atoms with E-state index in [4.69, 9.17) is 16.7 Å². The van der Waals surface area contributed by atoms with E-state index in [0.717, 1.165) is 6.07 Å². The van der Waals surface area contributed by atoms with Crippen molar-refractivity contribution >= 4 is 29.1 Å². The van der Waals surface area contributed by atoms with Gasteiger partial charge in [-0.15, -0.1) is 0 Å². The molecule has 0 aromatic heterocycles. The number of aliphatic hydroxyl groups is 1. The molecule has 0 radical (unpaired) electrons. The van der Waals surface area contributed by atoms with E-state index < -0.39 is 23.7 Å². The molecule has 7 heteroatoms. The van der Waals surface area contributed by atoms with E-state index in [1.54, 1.807) is 6.92 Å². The van der Waals surface area contributed by atoms with Gasteiger partial charge in [-0.05, 0) is 24.6 Å². The van der Waals surface area contributed by atoms with Crippen molar-refractivity contribution in [3.8, 4) is 0 Å². The summed E-state index contributed by atoms with van der Waals surface area (Å²) in [5.41, 5.74) is -0.137. The van der Waals surface area contributed by atoms with Crippen molar-refractivity contribution in [3.63, 3.8) is 0 Å². The van der Waals surface area contributed by atoms with Gasteiger partial charge < -0.3 is 15.7 Å². The Bertz CT molecular complexity index is 478. The number of anilines is 1. The molecule has 3 N–H and O–H groups in total. The van der Waals surface area contributed by atoms with Gasteiger partial charge in [0.25, 0.3) is 0 Å². The second-order valence-electron chi connectivity index (χ2n) is 3.84. The molecule has 1 rings (SSSR count). The monoisotopic (exact) mass is 288 g/mol. The zero-order chi connectivity index (χ0) is 14.4. The van der Waals surface area contributed by atoms with Crippen LogP contribution in [0, 0.1) is 5.82 Å². The van der Waals surface area contributed by atoms with E-state index in [9.17, 15) is 14.0 Å². The third-order valence-corrected chi connectivity index (χ3v) is 2.67. The van der Waals surface area contributed by atoms with Crippen LogP contribution in [-0.4, -0.2) is 29.6 Å². The van der Waals surface area contributed by atoms with Crippen LogP contribution in [0.1, 0.15) is 13.3 Å². The van der Waals surface area contributed by atoms with Gasteiger partial charge in [0.05, 0.1) is 18.3 Å². The number of carbonyl (C=O) groups is 2. The predicted molar refractivity (Wildman–Crippen MR) is 69.3 cm³/mol. The standard InChI is InChI=1S/C12H14ClFN2O3/c1-2-8(6-17)15-11(18)12(19)16-10-4-3-7(13)5-9(10)14/h3-5,8,17H,2,6H2,1H3,(H,15,18)(H,16,19). The largest absolute Gasteiger partial charge is 0.394 e. The first-order chi connectivity index (χ1) is 8.97. The van der Waals surface area contributed by atoms with E-state index in [1.807, 2.05) is 0 Å². The van der Waals surface area contributed by atoms with Gasteiger partial charge in [0.1, 0.15) is 5.82 Å². The van der Waals surface area contributed by atoms with Crippen LogP contribution in [0.4, 0.5) is 10.1 Å². The number of hydrogen-bond acceptors (Lipinski definition) is 3. The fourth-order valence-corrected chi connectivity index (χ4v) is 1.46. The molecule has 0 aliphatic heterocycles. The Morgan fingerprint density at radius 2 is 2.11 bits per heavy atom. The van der Waals surface area contributed by atoms with Crippen molar-refractivity contribution in [2.45, 2.75) is 19.4 Å². The maximum Gasteiger partial charge on any atom is 0.313 e. The highest BCUT2D eigenvalue weighted by Gasteiger charge is 2.18. The number of benzene rings is 1. The quantitative estimate of drug-likeness (QED) is 0.731. The third kappa shape index (κ3) is 4.50. The number of aliphatic hydroxyl groups excluding tert-OH is 1. The van der Waals surface area contributed by atoms with Crippen LogP contribution in [0.3, 0.4) is 0 Å². The molecule has 5 nitrogen and oxygen atoms in total. The van der Waals surface area contributed by atoms with Crippen molar-refractivity contribution in [1.29, 1.82) is 0 Å². The smallest absolute Gasteiger partial charge is 0.313 e. The molecule has 1 atom stereocenters. The van der Waals surface area contributed by atoms with E-state index >= 15 is 0 Å².